The number of hydrogen-bond acceptors (Lipinski definition) is 2. The Bertz CT molecular complexity index is 87.9. The van der Waals surface area contributed by atoms with Gasteiger partial charge in [-0.2, -0.15) is 0 Å². The van der Waals surface area contributed by atoms with Crippen LogP contribution in [0.5, 0.6) is 0 Å². The van der Waals surface area contributed by atoms with Crippen LogP contribution in [0, 0.1) is 11.8 Å². The van der Waals surface area contributed by atoms with E-state index in [0.717, 1.165) is 25.0 Å². The van der Waals surface area contributed by atoms with Gasteiger partial charge in [-0.3, -0.25) is 0 Å². The normalized spacial score (nSPS) is 51.4. The Labute approximate surface area is 49.0 Å². The van der Waals surface area contributed by atoms with E-state index in [-0.39, 0.29) is 0 Å². The first-order chi connectivity index (χ1) is 3.93. The number of hydrogen-bond donors (Lipinski definition) is 1. The fourth-order valence-electron chi connectivity index (χ4n) is 1.68. The molecular formula is C6H11NO. The third-order valence-electron chi connectivity index (χ3n) is 2.29. The maximum absolute atomic E-state index is 5.44. The Kier molecular flexibility index (Phi) is 0.866. The summed E-state index contributed by atoms with van der Waals surface area (Å²) in [4.78, 5) is 0. The van der Waals surface area contributed by atoms with Crippen LogP contribution in [0.2, 0.25) is 0 Å². The molecule has 0 radical (unpaired) electrons. The summed E-state index contributed by atoms with van der Waals surface area (Å²) in [7, 11) is 0. The fraction of sp³-hybridized carbons (Fsp3) is 1.00. The monoisotopic (exact) mass is 113 g/mol. The van der Waals surface area contributed by atoms with Crippen molar-refractivity contribution < 1.29 is 4.74 Å². The smallest absolute Gasteiger partial charge is 0.0652 e. The van der Waals surface area contributed by atoms with Crippen LogP contribution in [-0.4, -0.2) is 19.3 Å². The average Bonchev–Trinajstić information content (AvgIpc) is 2.22. The van der Waals surface area contributed by atoms with Crippen LogP contribution in [0.15, 0.2) is 0 Å². The minimum absolute atomic E-state index is 0.569. The van der Waals surface area contributed by atoms with Gasteiger partial charge in [-0.15, -0.1) is 0 Å². The predicted molar refractivity (Wildman–Crippen MR) is 30.4 cm³/mol. The van der Waals surface area contributed by atoms with E-state index < -0.39 is 0 Å². The van der Waals surface area contributed by atoms with Crippen LogP contribution in [0.3, 0.4) is 0 Å². The van der Waals surface area contributed by atoms with Crippen molar-refractivity contribution in [2.75, 3.05) is 13.2 Å². The molecule has 1 aliphatic heterocycles. The highest BCUT2D eigenvalue weighted by atomic mass is 16.5. The molecule has 2 nitrogen and oxygen atoms in total. The Morgan fingerprint density at radius 3 is 2.88 bits per heavy atom. The van der Waals surface area contributed by atoms with Gasteiger partial charge in [0, 0.05) is 12.5 Å². The summed E-state index contributed by atoms with van der Waals surface area (Å²) in [6.07, 6.45) is 1.83. The molecule has 46 valence electrons. The highest BCUT2D eigenvalue weighted by molar-refractivity contribution is 5.02. The lowest BCUT2D eigenvalue weighted by Gasteiger charge is -1.96. The summed E-state index contributed by atoms with van der Waals surface area (Å²) < 4.78 is 5.35. The standard InChI is InChI=1S/C6H11NO/c7-3-5-4-1-2-8-6(4)5/h4-6H,1-3,7H2/t4-,5?,6-/m1/s1. The lowest BCUT2D eigenvalue weighted by atomic mass is 10.2. The first-order valence-electron chi connectivity index (χ1n) is 3.25. The molecule has 0 amide bonds. The first kappa shape index (κ1) is 4.77. The summed E-state index contributed by atoms with van der Waals surface area (Å²) in [5.41, 5.74) is 5.44. The molecule has 2 aliphatic rings. The molecule has 1 saturated carbocycles. The number of rotatable bonds is 1. The van der Waals surface area contributed by atoms with Gasteiger partial charge in [0.15, 0.2) is 0 Å². The molecule has 8 heavy (non-hydrogen) atoms. The van der Waals surface area contributed by atoms with Crippen molar-refractivity contribution in [2.45, 2.75) is 12.5 Å². The zero-order chi connectivity index (χ0) is 5.56. The fourth-order valence-corrected chi connectivity index (χ4v) is 1.68. The number of nitrogens with two attached hydrogens (primary N) is 1. The van der Waals surface area contributed by atoms with E-state index >= 15 is 0 Å². The van der Waals surface area contributed by atoms with Gasteiger partial charge in [0.2, 0.25) is 0 Å². The largest absolute Gasteiger partial charge is 0.378 e. The topological polar surface area (TPSA) is 35.2 Å². The summed E-state index contributed by atoms with van der Waals surface area (Å²) in [5.74, 6) is 1.57. The second-order valence-corrected chi connectivity index (χ2v) is 2.69. The maximum Gasteiger partial charge on any atom is 0.0652 e. The third kappa shape index (κ3) is 0.446. The summed E-state index contributed by atoms with van der Waals surface area (Å²) in [6, 6.07) is 0. The molecule has 2 fully saturated rings. The second-order valence-electron chi connectivity index (χ2n) is 2.69. The van der Waals surface area contributed by atoms with Gasteiger partial charge >= 0.3 is 0 Å². The van der Waals surface area contributed by atoms with Gasteiger partial charge in [-0.1, -0.05) is 0 Å². The van der Waals surface area contributed by atoms with Crippen molar-refractivity contribution in [3.63, 3.8) is 0 Å². The number of ether oxygens (including phenoxy) is 1. The van der Waals surface area contributed by atoms with E-state index in [1.54, 1.807) is 0 Å². The molecule has 0 spiro atoms. The number of fused-ring (bicyclic) bond motifs is 1. The van der Waals surface area contributed by atoms with Crippen molar-refractivity contribution in [1.82, 2.24) is 0 Å². The molecule has 1 saturated heterocycles. The molecule has 3 atom stereocenters. The Balaban J connectivity index is 1.94. The van der Waals surface area contributed by atoms with Gasteiger partial charge in [-0.05, 0) is 18.9 Å². The molecule has 2 rings (SSSR count). The van der Waals surface area contributed by atoms with Crippen LogP contribution < -0.4 is 5.73 Å². The van der Waals surface area contributed by atoms with Crippen LogP contribution in [0.4, 0.5) is 0 Å². The molecule has 1 unspecified atom stereocenters. The Morgan fingerprint density at radius 2 is 2.50 bits per heavy atom. The Hall–Kier alpha value is -0.0800. The minimum atomic E-state index is 0.569. The molecule has 0 aromatic heterocycles. The molecule has 0 bridgehead atoms. The maximum atomic E-state index is 5.44. The summed E-state index contributed by atoms with van der Waals surface area (Å²) >= 11 is 0. The lowest BCUT2D eigenvalue weighted by molar-refractivity contribution is 0.140. The first-order valence-corrected chi connectivity index (χ1v) is 3.25. The van der Waals surface area contributed by atoms with Crippen molar-refractivity contribution in [1.29, 1.82) is 0 Å². The van der Waals surface area contributed by atoms with Crippen LogP contribution >= 0.6 is 0 Å². The Morgan fingerprint density at radius 1 is 1.62 bits per heavy atom. The quantitative estimate of drug-likeness (QED) is 0.518. The van der Waals surface area contributed by atoms with Gasteiger partial charge in [0.25, 0.3) is 0 Å². The average molecular weight is 113 g/mol. The van der Waals surface area contributed by atoms with Gasteiger partial charge < -0.3 is 10.5 Å². The van der Waals surface area contributed by atoms with Gasteiger partial charge in [0.1, 0.15) is 0 Å². The van der Waals surface area contributed by atoms with E-state index in [1.807, 2.05) is 0 Å². The van der Waals surface area contributed by atoms with Gasteiger partial charge in [0.05, 0.1) is 6.10 Å². The van der Waals surface area contributed by atoms with E-state index in [4.69, 9.17) is 10.5 Å². The van der Waals surface area contributed by atoms with Gasteiger partial charge in [-0.25, -0.2) is 0 Å². The van der Waals surface area contributed by atoms with Crippen molar-refractivity contribution in [3.05, 3.63) is 0 Å². The summed E-state index contributed by atoms with van der Waals surface area (Å²) in [5, 5.41) is 0. The predicted octanol–water partition coefficient (Wildman–Crippen LogP) is -0.0200. The molecule has 0 aromatic rings. The zero-order valence-corrected chi connectivity index (χ0v) is 4.84. The molecule has 2 N–H and O–H groups in total. The van der Waals surface area contributed by atoms with E-state index in [2.05, 4.69) is 0 Å². The van der Waals surface area contributed by atoms with Crippen LogP contribution in [0.25, 0.3) is 0 Å². The molecule has 1 heterocycles. The van der Waals surface area contributed by atoms with Crippen molar-refractivity contribution >= 4 is 0 Å². The van der Waals surface area contributed by atoms with Crippen LogP contribution in [-0.2, 0) is 4.74 Å². The highest BCUT2D eigenvalue weighted by Crippen LogP contribution is 2.47. The van der Waals surface area contributed by atoms with E-state index in [0.29, 0.717) is 6.10 Å². The lowest BCUT2D eigenvalue weighted by Crippen LogP contribution is -2.08. The zero-order valence-electron chi connectivity index (χ0n) is 4.84. The molecular weight excluding hydrogens is 102 g/mol. The minimum Gasteiger partial charge on any atom is -0.378 e. The SMILES string of the molecule is NCC1[C@H]2CCO[C@@H]12. The third-order valence-corrected chi connectivity index (χ3v) is 2.29. The van der Waals surface area contributed by atoms with Crippen molar-refractivity contribution in [3.8, 4) is 0 Å². The molecule has 1 aliphatic carbocycles. The van der Waals surface area contributed by atoms with Crippen molar-refractivity contribution in [2.24, 2.45) is 17.6 Å². The molecule has 2 heteroatoms. The van der Waals surface area contributed by atoms with E-state index in [1.165, 1.54) is 6.42 Å². The second kappa shape index (κ2) is 1.45. The van der Waals surface area contributed by atoms with Crippen LogP contribution in [0.1, 0.15) is 6.42 Å². The highest BCUT2D eigenvalue weighted by Gasteiger charge is 2.53. The van der Waals surface area contributed by atoms with E-state index in [9.17, 15) is 0 Å². The summed E-state index contributed by atoms with van der Waals surface area (Å²) in [6.45, 7) is 1.81. The molecule has 0 aromatic carbocycles.